The summed E-state index contributed by atoms with van der Waals surface area (Å²) in [4.78, 5) is 35.4. The van der Waals surface area contributed by atoms with E-state index in [0.717, 1.165) is 12.8 Å². The monoisotopic (exact) mass is 286 g/mol. The highest BCUT2D eigenvalue weighted by atomic mass is 16.4. The molecule has 6 heteroatoms. The van der Waals surface area contributed by atoms with Crippen LogP contribution in [0.5, 0.6) is 0 Å². The third kappa shape index (κ3) is 7.76. The van der Waals surface area contributed by atoms with E-state index in [9.17, 15) is 14.4 Å². The van der Waals surface area contributed by atoms with Crippen molar-refractivity contribution in [1.29, 1.82) is 0 Å². The molecule has 20 heavy (non-hydrogen) atoms. The molecule has 0 unspecified atom stereocenters. The van der Waals surface area contributed by atoms with E-state index in [1.165, 1.54) is 0 Å². The molecule has 6 nitrogen and oxygen atoms in total. The third-order valence-electron chi connectivity index (χ3n) is 3.34. The lowest BCUT2D eigenvalue weighted by atomic mass is 10.0. The zero-order valence-corrected chi connectivity index (χ0v) is 12.6. The molecule has 116 valence electrons. The van der Waals surface area contributed by atoms with Gasteiger partial charge in [0.1, 0.15) is 0 Å². The number of aliphatic carboxylic acids is 1. The zero-order valence-electron chi connectivity index (χ0n) is 12.6. The summed E-state index contributed by atoms with van der Waals surface area (Å²) in [6, 6.07) is -0.389. The van der Waals surface area contributed by atoms with Crippen molar-refractivity contribution in [3.63, 3.8) is 0 Å². The summed E-state index contributed by atoms with van der Waals surface area (Å²) in [5, 5.41) is 10.8. The van der Waals surface area contributed by atoms with E-state index in [-0.39, 0.29) is 25.3 Å². The Kier molecular flexibility index (Phi) is 9.41. The number of hydrogen-bond acceptors (Lipinski definition) is 3. The van der Waals surface area contributed by atoms with Gasteiger partial charge in [0.2, 0.25) is 5.91 Å². The predicted molar refractivity (Wildman–Crippen MR) is 76.3 cm³/mol. The summed E-state index contributed by atoms with van der Waals surface area (Å²) in [5.41, 5.74) is 0. The number of carbonyl (C=O) groups is 3. The predicted octanol–water partition coefficient (Wildman–Crippen LogP) is 2.24. The minimum absolute atomic E-state index is 0.0561. The maximum atomic E-state index is 11.9. The number of carboxylic acids is 1. The highest BCUT2D eigenvalue weighted by molar-refractivity contribution is 5.94. The van der Waals surface area contributed by atoms with E-state index >= 15 is 0 Å². The van der Waals surface area contributed by atoms with E-state index in [1.54, 1.807) is 4.90 Å². The molecule has 0 bridgehead atoms. The molecular weight excluding hydrogens is 260 g/mol. The van der Waals surface area contributed by atoms with Gasteiger partial charge in [-0.05, 0) is 19.3 Å². The summed E-state index contributed by atoms with van der Waals surface area (Å²) >= 11 is 0. The van der Waals surface area contributed by atoms with Gasteiger partial charge in [0, 0.05) is 25.9 Å². The van der Waals surface area contributed by atoms with Crippen molar-refractivity contribution in [2.45, 2.75) is 52.9 Å². The molecule has 0 aliphatic heterocycles. The topological polar surface area (TPSA) is 86.7 Å². The number of nitrogens with one attached hydrogen (secondary N) is 1. The number of nitrogens with zero attached hydrogens (tertiary/aromatic N) is 1. The van der Waals surface area contributed by atoms with Gasteiger partial charge in [-0.2, -0.15) is 0 Å². The van der Waals surface area contributed by atoms with E-state index in [4.69, 9.17) is 5.11 Å². The molecule has 3 amide bonds. The molecule has 0 atom stereocenters. The quantitative estimate of drug-likeness (QED) is 0.680. The van der Waals surface area contributed by atoms with Crippen LogP contribution in [0.4, 0.5) is 4.79 Å². The Bertz CT molecular complexity index is 327. The van der Waals surface area contributed by atoms with Gasteiger partial charge in [-0.3, -0.25) is 14.9 Å². The van der Waals surface area contributed by atoms with Crippen LogP contribution in [0.15, 0.2) is 0 Å². The summed E-state index contributed by atoms with van der Waals surface area (Å²) in [6.45, 7) is 7.22. The molecule has 0 aromatic heterocycles. The number of amides is 3. The number of rotatable bonds is 9. The standard InChI is InChI=1S/C14H26N2O4/c1-4-11(5-2)10-16(6-3)14(20)15-12(17)8-7-9-13(18)19/h11H,4-10H2,1-3H3,(H,18,19)(H,15,17,20). The first-order valence-electron chi connectivity index (χ1n) is 7.25. The largest absolute Gasteiger partial charge is 0.481 e. The molecule has 0 spiro atoms. The van der Waals surface area contributed by atoms with Gasteiger partial charge in [0.25, 0.3) is 0 Å². The average molecular weight is 286 g/mol. The Hall–Kier alpha value is -1.59. The van der Waals surface area contributed by atoms with Crippen LogP contribution in [0, 0.1) is 5.92 Å². The molecule has 0 radical (unpaired) electrons. The molecule has 2 N–H and O–H groups in total. The van der Waals surface area contributed by atoms with E-state index in [0.29, 0.717) is 19.0 Å². The van der Waals surface area contributed by atoms with Crippen molar-refractivity contribution in [3.8, 4) is 0 Å². The van der Waals surface area contributed by atoms with Crippen LogP contribution in [0.25, 0.3) is 0 Å². The summed E-state index contributed by atoms with van der Waals surface area (Å²) in [7, 11) is 0. The Balaban J connectivity index is 4.19. The second-order valence-electron chi connectivity index (χ2n) is 4.82. The van der Waals surface area contributed by atoms with Crippen LogP contribution >= 0.6 is 0 Å². The molecule has 0 rings (SSSR count). The second-order valence-corrected chi connectivity index (χ2v) is 4.82. The van der Waals surface area contributed by atoms with Gasteiger partial charge in [-0.25, -0.2) is 4.79 Å². The highest BCUT2D eigenvalue weighted by Crippen LogP contribution is 2.10. The van der Waals surface area contributed by atoms with Crippen molar-refractivity contribution in [2.75, 3.05) is 13.1 Å². The summed E-state index contributed by atoms with van der Waals surface area (Å²) < 4.78 is 0. The van der Waals surface area contributed by atoms with Gasteiger partial charge in [0.05, 0.1) is 0 Å². The molecule has 0 fully saturated rings. The fourth-order valence-corrected chi connectivity index (χ4v) is 1.88. The zero-order chi connectivity index (χ0) is 15.5. The molecule has 0 heterocycles. The number of carboxylic acid groups (broad SMARTS) is 1. The molecule has 0 saturated carbocycles. The fraction of sp³-hybridized carbons (Fsp3) is 0.786. The second kappa shape index (κ2) is 10.2. The first-order valence-corrected chi connectivity index (χ1v) is 7.25. The highest BCUT2D eigenvalue weighted by Gasteiger charge is 2.17. The number of carbonyl (C=O) groups excluding carboxylic acids is 2. The SMILES string of the molecule is CCC(CC)CN(CC)C(=O)NC(=O)CCCC(=O)O. The van der Waals surface area contributed by atoms with Crippen molar-refractivity contribution < 1.29 is 19.5 Å². The maximum absolute atomic E-state index is 11.9. The Labute approximate surface area is 120 Å². The van der Waals surface area contributed by atoms with Gasteiger partial charge in [-0.1, -0.05) is 26.7 Å². The van der Waals surface area contributed by atoms with Gasteiger partial charge in [-0.15, -0.1) is 0 Å². The van der Waals surface area contributed by atoms with Crippen molar-refractivity contribution >= 4 is 17.9 Å². The van der Waals surface area contributed by atoms with Crippen LogP contribution < -0.4 is 5.32 Å². The Morgan fingerprint density at radius 3 is 2.15 bits per heavy atom. The average Bonchev–Trinajstić information content (AvgIpc) is 2.39. The van der Waals surface area contributed by atoms with Gasteiger partial charge < -0.3 is 10.0 Å². The number of imide groups is 1. The number of hydrogen-bond donors (Lipinski definition) is 2. The number of urea groups is 1. The smallest absolute Gasteiger partial charge is 0.324 e. The normalized spacial score (nSPS) is 10.4. The van der Waals surface area contributed by atoms with Crippen molar-refractivity contribution in [1.82, 2.24) is 10.2 Å². The lowest BCUT2D eigenvalue weighted by Crippen LogP contribution is -2.44. The van der Waals surface area contributed by atoms with Gasteiger partial charge in [0.15, 0.2) is 0 Å². The minimum atomic E-state index is -0.937. The van der Waals surface area contributed by atoms with Crippen LogP contribution in [0.3, 0.4) is 0 Å². The molecule has 0 aromatic rings. The maximum Gasteiger partial charge on any atom is 0.324 e. The lowest BCUT2D eigenvalue weighted by molar-refractivity contribution is -0.137. The van der Waals surface area contributed by atoms with Crippen LogP contribution in [-0.4, -0.2) is 41.0 Å². The first kappa shape index (κ1) is 18.4. The lowest BCUT2D eigenvalue weighted by Gasteiger charge is -2.25. The van der Waals surface area contributed by atoms with Gasteiger partial charge >= 0.3 is 12.0 Å². The summed E-state index contributed by atoms with van der Waals surface area (Å²) in [5.74, 6) is -0.921. The molecular formula is C14H26N2O4. The van der Waals surface area contributed by atoms with Crippen LogP contribution in [0.1, 0.15) is 52.9 Å². The Morgan fingerprint density at radius 2 is 1.70 bits per heavy atom. The van der Waals surface area contributed by atoms with E-state index < -0.39 is 11.9 Å². The molecule has 0 aromatic carbocycles. The van der Waals surface area contributed by atoms with Crippen molar-refractivity contribution in [3.05, 3.63) is 0 Å². The van der Waals surface area contributed by atoms with Crippen LogP contribution in [0.2, 0.25) is 0 Å². The molecule has 0 saturated heterocycles. The third-order valence-corrected chi connectivity index (χ3v) is 3.34. The fourth-order valence-electron chi connectivity index (χ4n) is 1.88. The summed E-state index contributed by atoms with van der Waals surface area (Å²) in [6.07, 6.45) is 2.22. The molecule has 0 aliphatic carbocycles. The minimum Gasteiger partial charge on any atom is -0.481 e. The van der Waals surface area contributed by atoms with Crippen LogP contribution in [-0.2, 0) is 9.59 Å². The molecule has 0 aliphatic rings. The Morgan fingerprint density at radius 1 is 1.10 bits per heavy atom. The van der Waals surface area contributed by atoms with E-state index in [2.05, 4.69) is 19.2 Å². The van der Waals surface area contributed by atoms with E-state index in [1.807, 2.05) is 6.92 Å². The first-order chi connectivity index (χ1) is 9.44. The van der Waals surface area contributed by atoms with Crippen molar-refractivity contribution in [2.24, 2.45) is 5.92 Å².